The first kappa shape index (κ1) is 35.8. The monoisotopic (exact) mass is 779 g/mol. The molecule has 2 aromatic heterocycles. The van der Waals surface area contributed by atoms with E-state index in [-0.39, 0.29) is 0 Å². The van der Waals surface area contributed by atoms with Crippen LogP contribution in [0.15, 0.2) is 224 Å². The molecule has 0 N–H and O–H groups in total. The van der Waals surface area contributed by atoms with Crippen LogP contribution in [0.1, 0.15) is 0 Å². The van der Waals surface area contributed by atoms with Crippen LogP contribution in [0.4, 0.5) is 0 Å². The van der Waals surface area contributed by atoms with Crippen molar-refractivity contribution in [1.82, 2.24) is 24.7 Å². The molecule has 61 heavy (non-hydrogen) atoms. The van der Waals surface area contributed by atoms with Gasteiger partial charge in [-0.2, -0.15) is 5.10 Å². The molecule has 11 aromatic rings. The largest absolute Gasteiger partial charge is 0.232 e. The van der Waals surface area contributed by atoms with Gasteiger partial charge in [0.25, 0.3) is 0 Å². The van der Waals surface area contributed by atoms with Crippen LogP contribution in [0.25, 0.3) is 106 Å². The quantitative estimate of drug-likeness (QED) is 0.154. The van der Waals surface area contributed by atoms with E-state index in [2.05, 4.69) is 205 Å². The SMILES string of the molecule is c1ccc(-c2cccc(-c3nc(-c4cccc(-c5ccccc5)c4)nc(-c4cccc(-c5cc6ccccc6c6c5c(-c5ccccc5)nn6-c5ccccc5)c4)n3)c2)cc1. The Balaban J connectivity index is 1.12. The standard InChI is InChI=1S/C56H37N5/c1-5-18-38(19-6-1)41-25-15-28-45(34-41)54-57-55(46-29-16-26-42(35-46)39-20-7-2-8-21-39)59-56(58-54)47-30-17-27-43(36-47)50-37-44-24-13-14-33-49(44)53-51(50)52(40-22-9-3-10-23-40)60-61(53)48-31-11-4-12-32-48/h1-37H. The fraction of sp³-hybridized carbons (Fsp3) is 0. The van der Waals surface area contributed by atoms with Gasteiger partial charge in [-0.3, -0.25) is 0 Å². The molecule has 11 rings (SSSR count). The van der Waals surface area contributed by atoms with E-state index in [1.807, 2.05) is 24.3 Å². The number of benzene rings is 9. The summed E-state index contributed by atoms with van der Waals surface area (Å²) in [4.78, 5) is 15.6. The van der Waals surface area contributed by atoms with Gasteiger partial charge in [0.15, 0.2) is 17.5 Å². The highest BCUT2D eigenvalue weighted by Crippen LogP contribution is 2.42. The number of para-hydroxylation sites is 1. The lowest BCUT2D eigenvalue weighted by Crippen LogP contribution is -2.00. The molecule has 0 aliphatic rings. The highest BCUT2D eigenvalue weighted by molar-refractivity contribution is 6.17. The van der Waals surface area contributed by atoms with Crippen molar-refractivity contribution in [3.63, 3.8) is 0 Å². The number of hydrogen-bond acceptors (Lipinski definition) is 4. The lowest BCUT2D eigenvalue weighted by molar-refractivity contribution is 0.918. The fourth-order valence-electron chi connectivity index (χ4n) is 8.30. The molecule has 0 aliphatic heterocycles. The predicted molar refractivity (Wildman–Crippen MR) is 250 cm³/mol. The minimum Gasteiger partial charge on any atom is -0.232 e. The Labute approximate surface area is 354 Å². The zero-order valence-electron chi connectivity index (χ0n) is 33.1. The fourth-order valence-corrected chi connectivity index (χ4v) is 8.30. The Morgan fingerprint density at radius 3 is 1.26 bits per heavy atom. The van der Waals surface area contributed by atoms with Gasteiger partial charge in [-0.1, -0.05) is 188 Å². The van der Waals surface area contributed by atoms with Crippen molar-refractivity contribution in [2.24, 2.45) is 0 Å². The van der Waals surface area contributed by atoms with E-state index in [1.165, 1.54) is 0 Å². The van der Waals surface area contributed by atoms with Gasteiger partial charge in [0.1, 0.15) is 5.69 Å². The summed E-state index contributed by atoms with van der Waals surface area (Å²) >= 11 is 0. The smallest absolute Gasteiger partial charge is 0.164 e. The van der Waals surface area contributed by atoms with Gasteiger partial charge in [-0.05, 0) is 75.2 Å². The minimum absolute atomic E-state index is 0.595. The molecule has 0 radical (unpaired) electrons. The van der Waals surface area contributed by atoms with Gasteiger partial charge in [0.05, 0.1) is 11.2 Å². The number of rotatable bonds is 8. The number of aromatic nitrogens is 5. The second kappa shape index (κ2) is 15.5. The number of fused-ring (bicyclic) bond motifs is 3. The van der Waals surface area contributed by atoms with Crippen LogP contribution >= 0.6 is 0 Å². The van der Waals surface area contributed by atoms with E-state index >= 15 is 0 Å². The molecular weight excluding hydrogens is 743 g/mol. The van der Waals surface area contributed by atoms with Crippen molar-refractivity contribution in [1.29, 1.82) is 0 Å². The van der Waals surface area contributed by atoms with Gasteiger partial charge in [-0.15, -0.1) is 0 Å². The zero-order chi connectivity index (χ0) is 40.5. The average Bonchev–Trinajstić information content (AvgIpc) is 3.76. The average molecular weight is 780 g/mol. The molecule has 5 nitrogen and oxygen atoms in total. The summed E-state index contributed by atoms with van der Waals surface area (Å²) in [5.41, 5.74) is 13.3. The molecule has 9 aromatic carbocycles. The third-order valence-corrected chi connectivity index (χ3v) is 11.2. The van der Waals surface area contributed by atoms with E-state index < -0.39 is 0 Å². The molecule has 0 aliphatic carbocycles. The molecule has 0 saturated heterocycles. The lowest BCUT2D eigenvalue weighted by Gasteiger charge is -2.13. The number of hydrogen-bond donors (Lipinski definition) is 0. The van der Waals surface area contributed by atoms with E-state index in [1.54, 1.807) is 0 Å². The van der Waals surface area contributed by atoms with Crippen LogP contribution < -0.4 is 0 Å². The normalized spacial score (nSPS) is 11.3. The van der Waals surface area contributed by atoms with Crippen LogP contribution in [0, 0.1) is 0 Å². The van der Waals surface area contributed by atoms with Crippen LogP contribution in [-0.4, -0.2) is 24.7 Å². The first-order chi connectivity index (χ1) is 30.2. The van der Waals surface area contributed by atoms with Crippen LogP contribution in [0.5, 0.6) is 0 Å². The summed E-state index contributed by atoms with van der Waals surface area (Å²) in [5, 5.41) is 8.73. The Hall–Kier alpha value is -8.28. The van der Waals surface area contributed by atoms with Crippen LogP contribution in [0.3, 0.4) is 0 Å². The summed E-state index contributed by atoms with van der Waals surface area (Å²) in [7, 11) is 0. The molecule has 0 amide bonds. The summed E-state index contributed by atoms with van der Waals surface area (Å²) in [6, 6.07) is 78.0. The van der Waals surface area contributed by atoms with Gasteiger partial charge >= 0.3 is 0 Å². The topological polar surface area (TPSA) is 56.5 Å². The first-order valence-electron chi connectivity index (χ1n) is 20.5. The van der Waals surface area contributed by atoms with Crippen molar-refractivity contribution in [3.05, 3.63) is 224 Å². The molecule has 0 atom stereocenters. The molecular formula is C56H37N5. The number of nitrogens with zero attached hydrogens (tertiary/aromatic N) is 5. The Kier molecular flexibility index (Phi) is 9.10. The zero-order valence-corrected chi connectivity index (χ0v) is 33.1. The third-order valence-electron chi connectivity index (χ3n) is 11.2. The second-order valence-electron chi connectivity index (χ2n) is 15.1. The lowest BCUT2D eigenvalue weighted by atomic mass is 9.93. The van der Waals surface area contributed by atoms with Crippen molar-refractivity contribution in [3.8, 4) is 84.5 Å². The Morgan fingerprint density at radius 1 is 0.311 bits per heavy atom. The molecule has 0 unspecified atom stereocenters. The van der Waals surface area contributed by atoms with E-state index in [0.29, 0.717) is 17.5 Å². The van der Waals surface area contributed by atoms with Crippen molar-refractivity contribution in [2.45, 2.75) is 0 Å². The highest BCUT2D eigenvalue weighted by atomic mass is 15.3. The third kappa shape index (κ3) is 6.84. The maximum Gasteiger partial charge on any atom is 0.164 e. The second-order valence-corrected chi connectivity index (χ2v) is 15.1. The summed E-state index contributed by atoms with van der Waals surface area (Å²) in [6.07, 6.45) is 0. The van der Waals surface area contributed by atoms with E-state index in [4.69, 9.17) is 20.1 Å². The molecule has 0 bridgehead atoms. The summed E-state index contributed by atoms with van der Waals surface area (Å²) in [5.74, 6) is 1.81. The highest BCUT2D eigenvalue weighted by Gasteiger charge is 2.22. The summed E-state index contributed by atoms with van der Waals surface area (Å²) < 4.78 is 2.10. The van der Waals surface area contributed by atoms with Gasteiger partial charge in [0.2, 0.25) is 0 Å². The minimum atomic E-state index is 0.595. The van der Waals surface area contributed by atoms with Gasteiger partial charge in [-0.25, -0.2) is 19.6 Å². The van der Waals surface area contributed by atoms with Crippen molar-refractivity contribution >= 4 is 21.7 Å². The molecule has 5 heteroatoms. The van der Waals surface area contributed by atoms with Crippen molar-refractivity contribution in [2.75, 3.05) is 0 Å². The molecule has 2 heterocycles. The predicted octanol–water partition coefficient (Wildman–Crippen LogP) is 14.0. The molecule has 286 valence electrons. The maximum absolute atomic E-state index is 5.38. The van der Waals surface area contributed by atoms with Gasteiger partial charge in [0, 0.05) is 33.0 Å². The molecule has 0 saturated carbocycles. The Morgan fingerprint density at radius 2 is 0.721 bits per heavy atom. The molecule has 0 fully saturated rings. The Bertz CT molecular complexity index is 3240. The van der Waals surface area contributed by atoms with E-state index in [9.17, 15) is 0 Å². The van der Waals surface area contributed by atoms with Crippen LogP contribution in [0.2, 0.25) is 0 Å². The summed E-state index contributed by atoms with van der Waals surface area (Å²) in [6.45, 7) is 0. The molecule has 0 spiro atoms. The van der Waals surface area contributed by atoms with Crippen molar-refractivity contribution < 1.29 is 0 Å². The first-order valence-corrected chi connectivity index (χ1v) is 20.5. The maximum atomic E-state index is 5.38. The van der Waals surface area contributed by atoms with Crippen LogP contribution in [-0.2, 0) is 0 Å². The van der Waals surface area contributed by atoms with E-state index in [0.717, 1.165) is 88.7 Å². The van der Waals surface area contributed by atoms with Gasteiger partial charge < -0.3 is 0 Å².